The fourth-order valence-electron chi connectivity index (χ4n) is 5.24. The second-order valence-electron chi connectivity index (χ2n) is 8.12. The van der Waals surface area contributed by atoms with Gasteiger partial charge in [0, 0.05) is 17.3 Å². The van der Waals surface area contributed by atoms with Gasteiger partial charge in [-0.25, -0.2) is 9.07 Å². The Kier molecular flexibility index (Phi) is 3.84. The molecule has 3 unspecified atom stereocenters. The Morgan fingerprint density at radius 2 is 1.92 bits per heavy atom. The van der Waals surface area contributed by atoms with E-state index in [1.54, 1.807) is 12.1 Å². The topological polar surface area (TPSA) is 46.9 Å². The van der Waals surface area contributed by atoms with Gasteiger partial charge in [0.1, 0.15) is 5.82 Å². The smallest absolute Gasteiger partial charge is 0.272 e. The molecule has 0 aliphatic heterocycles. The molecule has 3 aliphatic carbocycles. The standard InChI is InChI=1S/C21H24FN3O/c22-15-7-9-16(10-8-15)25-19-4-2-1-3-17(19)20(24-25)21(26)23-18-12-13-5-6-14(18)11-13/h7-10,13-14,18H,1-6,11-12H2,(H,23,26). The number of benzene rings is 1. The van der Waals surface area contributed by atoms with E-state index in [-0.39, 0.29) is 11.7 Å². The third-order valence-electron chi connectivity index (χ3n) is 6.52. The molecular weight excluding hydrogens is 329 g/mol. The molecule has 136 valence electrons. The monoisotopic (exact) mass is 353 g/mol. The highest BCUT2D eigenvalue weighted by Crippen LogP contribution is 2.44. The SMILES string of the molecule is O=C(NC1CC2CCC1C2)c1nn(-c2ccc(F)cc2)c2c1CCCC2. The van der Waals surface area contributed by atoms with Crippen LogP contribution in [0.5, 0.6) is 0 Å². The molecule has 2 fully saturated rings. The van der Waals surface area contributed by atoms with Gasteiger partial charge in [-0.1, -0.05) is 6.42 Å². The highest BCUT2D eigenvalue weighted by Gasteiger charge is 2.40. The molecule has 2 aromatic rings. The highest BCUT2D eigenvalue weighted by atomic mass is 19.1. The normalized spacial score (nSPS) is 26.7. The molecule has 5 heteroatoms. The van der Waals surface area contributed by atoms with Gasteiger partial charge >= 0.3 is 0 Å². The Labute approximate surface area is 152 Å². The van der Waals surface area contributed by atoms with Crippen molar-refractivity contribution in [1.29, 1.82) is 0 Å². The molecule has 0 saturated heterocycles. The van der Waals surface area contributed by atoms with Crippen molar-refractivity contribution in [1.82, 2.24) is 15.1 Å². The van der Waals surface area contributed by atoms with E-state index in [0.29, 0.717) is 17.7 Å². The number of hydrogen-bond donors (Lipinski definition) is 1. The van der Waals surface area contributed by atoms with E-state index >= 15 is 0 Å². The Bertz CT molecular complexity index is 842. The first-order chi connectivity index (χ1) is 12.7. The van der Waals surface area contributed by atoms with Gasteiger partial charge in [0.25, 0.3) is 5.91 Å². The molecule has 1 amide bonds. The van der Waals surface area contributed by atoms with E-state index in [9.17, 15) is 9.18 Å². The summed E-state index contributed by atoms with van der Waals surface area (Å²) in [6.07, 6.45) is 8.98. The summed E-state index contributed by atoms with van der Waals surface area (Å²) in [5, 5.41) is 7.95. The minimum atomic E-state index is -0.260. The van der Waals surface area contributed by atoms with E-state index < -0.39 is 0 Å². The fourth-order valence-corrected chi connectivity index (χ4v) is 5.24. The van der Waals surface area contributed by atoms with Crippen molar-refractivity contribution in [2.75, 3.05) is 0 Å². The minimum Gasteiger partial charge on any atom is -0.348 e. The summed E-state index contributed by atoms with van der Waals surface area (Å²) in [5.74, 6) is 1.17. The predicted octanol–water partition coefficient (Wildman–Crippen LogP) is 3.81. The van der Waals surface area contributed by atoms with Crippen LogP contribution in [0, 0.1) is 17.7 Å². The number of carbonyl (C=O) groups is 1. The van der Waals surface area contributed by atoms with Crippen LogP contribution in [0.25, 0.3) is 5.69 Å². The average molecular weight is 353 g/mol. The Morgan fingerprint density at radius 3 is 2.65 bits per heavy atom. The molecule has 3 atom stereocenters. The first kappa shape index (κ1) is 16.0. The maximum Gasteiger partial charge on any atom is 0.272 e. The van der Waals surface area contributed by atoms with Gasteiger partial charge in [-0.2, -0.15) is 5.10 Å². The summed E-state index contributed by atoms with van der Waals surface area (Å²) >= 11 is 0. The van der Waals surface area contributed by atoms with Gasteiger partial charge < -0.3 is 5.32 Å². The quantitative estimate of drug-likeness (QED) is 0.912. The molecule has 0 radical (unpaired) electrons. The van der Waals surface area contributed by atoms with Gasteiger partial charge in [-0.3, -0.25) is 4.79 Å². The maximum absolute atomic E-state index is 13.3. The summed E-state index contributed by atoms with van der Waals surface area (Å²) in [6, 6.07) is 6.67. The van der Waals surface area contributed by atoms with Crippen LogP contribution in [0.3, 0.4) is 0 Å². The first-order valence-electron chi connectivity index (χ1n) is 9.86. The van der Waals surface area contributed by atoms with Crippen LogP contribution >= 0.6 is 0 Å². The summed E-state index contributed by atoms with van der Waals surface area (Å²) in [4.78, 5) is 13.0. The van der Waals surface area contributed by atoms with E-state index in [0.717, 1.165) is 55.0 Å². The number of fused-ring (bicyclic) bond motifs is 3. The molecule has 1 N–H and O–H groups in total. The minimum absolute atomic E-state index is 0.0263. The zero-order valence-electron chi connectivity index (χ0n) is 14.9. The lowest BCUT2D eigenvalue weighted by atomic mass is 9.93. The maximum atomic E-state index is 13.3. The van der Waals surface area contributed by atoms with Crippen LogP contribution in [0.1, 0.15) is 60.3 Å². The van der Waals surface area contributed by atoms with Crippen molar-refractivity contribution in [2.24, 2.45) is 11.8 Å². The van der Waals surface area contributed by atoms with Crippen molar-refractivity contribution in [3.63, 3.8) is 0 Å². The average Bonchev–Trinajstić information content (AvgIpc) is 3.36. The number of halogens is 1. The van der Waals surface area contributed by atoms with Crippen molar-refractivity contribution in [2.45, 2.75) is 57.4 Å². The van der Waals surface area contributed by atoms with E-state index in [1.165, 1.54) is 31.4 Å². The summed E-state index contributed by atoms with van der Waals surface area (Å²) in [6.45, 7) is 0. The van der Waals surface area contributed by atoms with E-state index in [2.05, 4.69) is 10.4 Å². The number of aromatic nitrogens is 2. The fraction of sp³-hybridized carbons (Fsp3) is 0.524. The second kappa shape index (κ2) is 6.22. The molecule has 1 aromatic carbocycles. The number of amides is 1. The molecule has 2 saturated carbocycles. The Balaban J connectivity index is 1.46. The van der Waals surface area contributed by atoms with Gasteiger partial charge in [0.05, 0.1) is 5.69 Å². The number of nitrogens with one attached hydrogen (secondary N) is 1. The molecule has 3 aliphatic rings. The third-order valence-corrected chi connectivity index (χ3v) is 6.52. The summed E-state index contributed by atoms with van der Waals surface area (Å²) < 4.78 is 15.1. The van der Waals surface area contributed by atoms with Gasteiger partial charge in [0.15, 0.2) is 5.69 Å². The first-order valence-corrected chi connectivity index (χ1v) is 9.86. The zero-order chi connectivity index (χ0) is 17.7. The van der Waals surface area contributed by atoms with Crippen LogP contribution < -0.4 is 5.32 Å². The van der Waals surface area contributed by atoms with Crippen molar-refractivity contribution < 1.29 is 9.18 Å². The molecule has 5 rings (SSSR count). The van der Waals surface area contributed by atoms with Crippen LogP contribution in [-0.2, 0) is 12.8 Å². The molecule has 4 nitrogen and oxygen atoms in total. The second-order valence-corrected chi connectivity index (χ2v) is 8.12. The number of carbonyl (C=O) groups excluding carboxylic acids is 1. The molecular formula is C21H24FN3O. The predicted molar refractivity (Wildman–Crippen MR) is 96.9 cm³/mol. The largest absolute Gasteiger partial charge is 0.348 e. The van der Waals surface area contributed by atoms with E-state index in [4.69, 9.17) is 0 Å². The highest BCUT2D eigenvalue weighted by molar-refractivity contribution is 5.94. The lowest BCUT2D eigenvalue weighted by Crippen LogP contribution is -2.39. The van der Waals surface area contributed by atoms with Crippen molar-refractivity contribution in [3.05, 3.63) is 47.0 Å². The molecule has 1 heterocycles. The Hall–Kier alpha value is -2.17. The molecule has 1 aromatic heterocycles. The molecule has 26 heavy (non-hydrogen) atoms. The third kappa shape index (κ3) is 2.65. The van der Waals surface area contributed by atoms with Gasteiger partial charge in [0.2, 0.25) is 0 Å². The van der Waals surface area contributed by atoms with Crippen LogP contribution in [0.2, 0.25) is 0 Å². The number of hydrogen-bond acceptors (Lipinski definition) is 2. The number of nitrogens with zero attached hydrogens (tertiary/aromatic N) is 2. The molecule has 0 spiro atoms. The molecule has 2 bridgehead atoms. The summed E-state index contributed by atoms with van der Waals surface area (Å²) in [5.41, 5.74) is 3.59. The van der Waals surface area contributed by atoms with E-state index in [1.807, 2.05) is 4.68 Å². The number of rotatable bonds is 3. The summed E-state index contributed by atoms with van der Waals surface area (Å²) in [7, 11) is 0. The zero-order valence-corrected chi connectivity index (χ0v) is 14.9. The lowest BCUT2D eigenvalue weighted by Gasteiger charge is -2.22. The van der Waals surface area contributed by atoms with Crippen LogP contribution in [-0.4, -0.2) is 21.7 Å². The lowest BCUT2D eigenvalue weighted by molar-refractivity contribution is 0.0916. The Morgan fingerprint density at radius 1 is 1.12 bits per heavy atom. The van der Waals surface area contributed by atoms with Gasteiger partial charge in [-0.15, -0.1) is 0 Å². The van der Waals surface area contributed by atoms with Gasteiger partial charge in [-0.05, 0) is 81.0 Å². The van der Waals surface area contributed by atoms with Crippen LogP contribution in [0.4, 0.5) is 4.39 Å². The van der Waals surface area contributed by atoms with Crippen molar-refractivity contribution in [3.8, 4) is 5.69 Å². The van der Waals surface area contributed by atoms with Crippen molar-refractivity contribution >= 4 is 5.91 Å². The van der Waals surface area contributed by atoms with Crippen LogP contribution in [0.15, 0.2) is 24.3 Å².